The maximum atomic E-state index is 13.1. The van der Waals surface area contributed by atoms with E-state index in [0.29, 0.717) is 0 Å². The molecular formula is C23H19NO3S. The van der Waals surface area contributed by atoms with Crippen LogP contribution < -0.4 is 0 Å². The number of nitrogens with zero attached hydrogens (tertiary/aromatic N) is 1. The van der Waals surface area contributed by atoms with E-state index in [1.54, 1.807) is 54.6 Å². The number of carbonyl (C=O) groups is 1. The number of amides is 1. The van der Waals surface area contributed by atoms with Crippen LogP contribution in [0.5, 0.6) is 0 Å². The van der Waals surface area contributed by atoms with Crippen molar-refractivity contribution in [2.45, 2.75) is 4.90 Å². The van der Waals surface area contributed by atoms with Gasteiger partial charge in [-0.15, -0.1) is 0 Å². The monoisotopic (exact) mass is 389 g/mol. The average molecular weight is 389 g/mol. The fraction of sp³-hybridized carbons (Fsp3) is 0. The zero-order valence-corrected chi connectivity index (χ0v) is 15.9. The topological polar surface area (TPSA) is 54.5 Å². The van der Waals surface area contributed by atoms with Crippen LogP contribution in [0, 0.1) is 0 Å². The summed E-state index contributed by atoms with van der Waals surface area (Å²) >= 11 is 0. The molecule has 0 aromatic heterocycles. The lowest BCUT2D eigenvalue weighted by molar-refractivity contribution is 0.0899. The molecule has 0 radical (unpaired) electrons. The first kappa shape index (κ1) is 19.3. The van der Waals surface area contributed by atoms with Crippen LogP contribution in [0.25, 0.3) is 12.2 Å². The van der Waals surface area contributed by atoms with Gasteiger partial charge in [-0.1, -0.05) is 73.3 Å². The number of benzene rings is 3. The van der Waals surface area contributed by atoms with E-state index in [1.165, 1.54) is 18.3 Å². The van der Waals surface area contributed by atoms with Crippen LogP contribution in [0.1, 0.15) is 21.5 Å². The predicted molar refractivity (Wildman–Crippen MR) is 112 cm³/mol. The number of carbonyl (C=O) groups excluding carboxylic acids is 1. The molecule has 28 heavy (non-hydrogen) atoms. The van der Waals surface area contributed by atoms with Gasteiger partial charge in [-0.25, -0.2) is 12.7 Å². The predicted octanol–water partition coefficient (Wildman–Crippen LogP) is 4.83. The first-order chi connectivity index (χ1) is 13.5. The third kappa shape index (κ3) is 4.27. The van der Waals surface area contributed by atoms with E-state index >= 15 is 0 Å². The number of hydrogen-bond acceptors (Lipinski definition) is 3. The first-order valence-electron chi connectivity index (χ1n) is 8.62. The van der Waals surface area contributed by atoms with E-state index in [9.17, 15) is 13.2 Å². The summed E-state index contributed by atoms with van der Waals surface area (Å²) in [5.74, 6) is -0.633. The minimum Gasteiger partial charge on any atom is -0.268 e. The van der Waals surface area contributed by atoms with Crippen molar-refractivity contribution in [1.29, 1.82) is 0 Å². The van der Waals surface area contributed by atoms with Gasteiger partial charge in [0.15, 0.2) is 0 Å². The molecule has 0 heterocycles. The van der Waals surface area contributed by atoms with E-state index < -0.39 is 15.9 Å². The fourth-order valence-corrected chi connectivity index (χ4v) is 3.84. The number of rotatable bonds is 6. The molecule has 0 fully saturated rings. The summed E-state index contributed by atoms with van der Waals surface area (Å²) in [6.07, 6.45) is 4.54. The second-order valence-electron chi connectivity index (χ2n) is 5.97. The van der Waals surface area contributed by atoms with E-state index in [-0.39, 0.29) is 10.5 Å². The Morgan fingerprint density at radius 3 is 1.93 bits per heavy atom. The molecule has 0 aliphatic carbocycles. The first-order valence-corrected chi connectivity index (χ1v) is 10.1. The molecule has 0 spiro atoms. The summed E-state index contributed by atoms with van der Waals surface area (Å²) in [7, 11) is -4.06. The van der Waals surface area contributed by atoms with Crippen molar-refractivity contribution in [3.8, 4) is 0 Å². The summed E-state index contributed by atoms with van der Waals surface area (Å²) in [4.78, 5) is 13.1. The van der Waals surface area contributed by atoms with Gasteiger partial charge in [-0.2, -0.15) is 0 Å². The van der Waals surface area contributed by atoms with Crippen LogP contribution in [-0.2, 0) is 10.0 Å². The summed E-state index contributed by atoms with van der Waals surface area (Å²) < 4.78 is 27.0. The quantitative estimate of drug-likeness (QED) is 0.607. The number of hydrogen-bond donors (Lipinski definition) is 0. The van der Waals surface area contributed by atoms with Gasteiger partial charge in [-0.3, -0.25) is 4.79 Å². The largest absolute Gasteiger partial charge is 0.271 e. The SMILES string of the molecule is C=Cc1ccc(C(=O)N(C=Cc2ccccc2)S(=O)(=O)c2ccccc2)cc1. The molecule has 140 valence electrons. The van der Waals surface area contributed by atoms with Gasteiger partial charge < -0.3 is 0 Å². The minimum atomic E-state index is -4.06. The zero-order valence-electron chi connectivity index (χ0n) is 15.1. The van der Waals surface area contributed by atoms with Crippen LogP contribution in [0.2, 0.25) is 0 Å². The highest BCUT2D eigenvalue weighted by molar-refractivity contribution is 7.89. The Hall–Kier alpha value is -3.44. The summed E-state index contributed by atoms with van der Waals surface area (Å²) in [6, 6.07) is 23.7. The fourth-order valence-electron chi connectivity index (χ4n) is 2.57. The number of sulfonamides is 1. The maximum absolute atomic E-state index is 13.1. The van der Waals surface area contributed by atoms with Crippen molar-refractivity contribution < 1.29 is 13.2 Å². The average Bonchev–Trinajstić information content (AvgIpc) is 2.75. The highest BCUT2D eigenvalue weighted by Gasteiger charge is 2.28. The van der Waals surface area contributed by atoms with Gasteiger partial charge in [0.2, 0.25) is 0 Å². The second kappa shape index (κ2) is 8.50. The van der Waals surface area contributed by atoms with Gasteiger partial charge in [0.25, 0.3) is 15.9 Å². The molecule has 0 N–H and O–H groups in total. The lowest BCUT2D eigenvalue weighted by Crippen LogP contribution is -2.32. The smallest absolute Gasteiger partial charge is 0.268 e. The van der Waals surface area contributed by atoms with Gasteiger partial charge >= 0.3 is 0 Å². The molecule has 3 aromatic carbocycles. The molecule has 0 saturated carbocycles. The lowest BCUT2D eigenvalue weighted by Gasteiger charge is -2.19. The molecule has 0 aliphatic heterocycles. The molecule has 0 saturated heterocycles. The molecule has 4 nitrogen and oxygen atoms in total. The van der Waals surface area contributed by atoms with Crippen molar-refractivity contribution in [3.05, 3.63) is 114 Å². The molecule has 3 rings (SSSR count). The summed E-state index contributed by atoms with van der Waals surface area (Å²) in [6.45, 7) is 3.68. The Morgan fingerprint density at radius 2 is 1.36 bits per heavy atom. The Morgan fingerprint density at radius 1 is 0.786 bits per heavy atom. The lowest BCUT2D eigenvalue weighted by atomic mass is 10.1. The van der Waals surface area contributed by atoms with Crippen molar-refractivity contribution >= 4 is 28.1 Å². The van der Waals surface area contributed by atoms with E-state index in [1.807, 2.05) is 30.3 Å². The van der Waals surface area contributed by atoms with Gasteiger partial charge in [0.05, 0.1) is 4.90 Å². The molecule has 0 bridgehead atoms. The van der Waals surface area contributed by atoms with E-state index in [4.69, 9.17) is 0 Å². The Balaban J connectivity index is 2.04. The molecule has 0 atom stereocenters. The summed E-state index contributed by atoms with van der Waals surface area (Å²) in [5.41, 5.74) is 1.89. The normalized spacial score (nSPS) is 11.3. The van der Waals surface area contributed by atoms with E-state index in [0.717, 1.165) is 15.4 Å². The Bertz CT molecular complexity index is 1090. The highest BCUT2D eigenvalue weighted by atomic mass is 32.2. The molecule has 1 amide bonds. The van der Waals surface area contributed by atoms with Gasteiger partial charge in [0.1, 0.15) is 0 Å². The van der Waals surface area contributed by atoms with Crippen molar-refractivity contribution in [2.24, 2.45) is 0 Å². The van der Waals surface area contributed by atoms with Crippen LogP contribution in [0.15, 0.2) is 103 Å². The minimum absolute atomic E-state index is 0.0452. The molecule has 0 unspecified atom stereocenters. The third-order valence-electron chi connectivity index (χ3n) is 4.10. The molecule has 3 aromatic rings. The van der Waals surface area contributed by atoms with Crippen LogP contribution in [0.3, 0.4) is 0 Å². The van der Waals surface area contributed by atoms with Gasteiger partial charge in [-0.05, 0) is 41.5 Å². The Labute approximate surface area is 165 Å². The molecular weight excluding hydrogens is 370 g/mol. The zero-order chi connectivity index (χ0) is 20.0. The van der Waals surface area contributed by atoms with Crippen molar-refractivity contribution in [3.63, 3.8) is 0 Å². The Kier molecular flexibility index (Phi) is 5.87. The summed E-state index contributed by atoms with van der Waals surface area (Å²) in [5, 5.41) is 0. The maximum Gasteiger partial charge on any atom is 0.271 e. The third-order valence-corrected chi connectivity index (χ3v) is 5.77. The molecule has 5 heteroatoms. The molecule has 0 aliphatic rings. The van der Waals surface area contributed by atoms with Crippen molar-refractivity contribution in [1.82, 2.24) is 4.31 Å². The highest BCUT2D eigenvalue weighted by Crippen LogP contribution is 2.20. The van der Waals surface area contributed by atoms with E-state index in [2.05, 4.69) is 6.58 Å². The van der Waals surface area contributed by atoms with Crippen LogP contribution in [0.4, 0.5) is 0 Å². The van der Waals surface area contributed by atoms with Crippen molar-refractivity contribution in [2.75, 3.05) is 0 Å². The van der Waals surface area contributed by atoms with Crippen LogP contribution in [-0.4, -0.2) is 18.6 Å². The van der Waals surface area contributed by atoms with Gasteiger partial charge in [0, 0.05) is 11.8 Å². The van der Waals surface area contributed by atoms with Crippen LogP contribution >= 0.6 is 0 Å². The second-order valence-corrected chi connectivity index (χ2v) is 7.79. The standard InChI is InChI=1S/C23H19NO3S/c1-2-19-13-15-21(16-14-19)23(25)24(18-17-20-9-5-3-6-10-20)28(26,27)22-11-7-4-8-12-22/h2-18H,1H2.